The molecular weight excluding hydrogens is 828 g/mol. The van der Waals surface area contributed by atoms with Crippen LogP contribution in [0.15, 0.2) is 0 Å². The molecule has 0 aliphatic heterocycles. The minimum Gasteiger partial charge on any atom is -0.481 e. The second-order valence-corrected chi connectivity index (χ2v) is 18.9. The molecule has 64 heavy (non-hydrogen) atoms. The predicted molar refractivity (Wildman–Crippen MR) is 277 cm³/mol. The van der Waals surface area contributed by atoms with Gasteiger partial charge in [0.15, 0.2) is 0 Å². The van der Waals surface area contributed by atoms with Gasteiger partial charge in [-0.05, 0) is 19.3 Å². The normalized spacial score (nSPS) is 10.5. The summed E-state index contributed by atoms with van der Waals surface area (Å²) >= 11 is 0. The second kappa shape index (κ2) is 71.1. The molecule has 0 rings (SSSR count). The van der Waals surface area contributed by atoms with Crippen molar-refractivity contribution >= 4 is 17.9 Å². The van der Waals surface area contributed by atoms with Gasteiger partial charge in [-0.2, -0.15) is 13.8 Å². The average Bonchev–Trinajstić information content (AvgIpc) is 3.25. The number of carbonyl (C=O) groups is 3. The zero-order valence-electron chi connectivity index (χ0n) is 44.1. The maximum Gasteiger partial charge on any atom is 0.303 e. The van der Waals surface area contributed by atoms with Gasteiger partial charge in [0.05, 0.1) is 0 Å². The molecule has 0 spiro atoms. The summed E-state index contributed by atoms with van der Waals surface area (Å²) in [6.07, 6.45) is 62.6. The Balaban J connectivity index is -0.000000261. The minimum absolute atomic E-state index is 0. The molecule has 0 aromatic heterocycles. The average molecular weight is 944 g/mol. The molecule has 0 saturated carbocycles. The summed E-state index contributed by atoms with van der Waals surface area (Å²) in [5, 5.41) is 25.6. The van der Waals surface area contributed by atoms with E-state index in [1.54, 1.807) is 0 Å². The maximum atomic E-state index is 10.3. The minimum atomic E-state index is -0.653. The summed E-state index contributed by atoms with van der Waals surface area (Å²) < 4.78 is 0. The third kappa shape index (κ3) is 87.9. The topological polar surface area (TPSA) is 112 Å². The van der Waals surface area contributed by atoms with E-state index in [4.69, 9.17) is 15.3 Å². The van der Waals surface area contributed by atoms with E-state index in [-0.39, 0.29) is 21.7 Å². The van der Waals surface area contributed by atoms with E-state index < -0.39 is 17.9 Å². The van der Waals surface area contributed by atoms with Crippen molar-refractivity contribution in [2.24, 2.45) is 0 Å². The third-order valence-electron chi connectivity index (χ3n) is 12.0. The van der Waals surface area contributed by atoms with Crippen molar-refractivity contribution in [3.63, 3.8) is 0 Å². The van der Waals surface area contributed by atoms with Crippen LogP contribution in [0.4, 0.5) is 0 Å². The first-order valence-electron chi connectivity index (χ1n) is 28.1. The van der Waals surface area contributed by atoms with E-state index in [1.807, 2.05) is 20.3 Å². The number of rotatable bonds is 48. The van der Waals surface area contributed by atoms with E-state index in [0.29, 0.717) is 19.3 Å². The van der Waals surface area contributed by atoms with Crippen LogP contribution in [-0.2, 0) is 36.1 Å². The SMILES string of the molecule is CCCCCCCCCCCCCCCCCC(=O)O.CCCCCCCCCCCCCCCCCC(=O)O.CCCCCCCCCCCCCCCCCC(=O)O.C[CH-]C.[Ti]. The van der Waals surface area contributed by atoms with E-state index in [1.165, 1.54) is 250 Å². The predicted octanol–water partition coefficient (Wildman–Crippen LogP) is 20.2. The van der Waals surface area contributed by atoms with Gasteiger partial charge in [-0.25, -0.2) is 0 Å². The number of carboxylic acid groups (broad SMARTS) is 3. The van der Waals surface area contributed by atoms with Crippen LogP contribution in [0.1, 0.15) is 343 Å². The molecule has 6 nitrogen and oxygen atoms in total. The Kier molecular flexibility index (Phi) is 80.1. The van der Waals surface area contributed by atoms with Gasteiger partial charge in [-0.1, -0.05) is 290 Å². The molecule has 0 heterocycles. The largest absolute Gasteiger partial charge is 0.481 e. The van der Waals surface area contributed by atoms with E-state index >= 15 is 0 Å². The van der Waals surface area contributed by atoms with E-state index in [9.17, 15) is 14.4 Å². The maximum absolute atomic E-state index is 10.3. The van der Waals surface area contributed by atoms with Gasteiger partial charge >= 0.3 is 17.9 Å². The standard InChI is InChI=1S/3C18H36O2.C3H7.Ti/c3*1-2-3-4-5-6-7-8-9-10-11-12-13-14-15-16-17-18(19)20;1-3-2;/h3*2-17H2,1H3,(H,19,20);3H,1-2H3;/q;;;-1;. The molecule has 0 radical (unpaired) electrons. The first-order chi connectivity index (χ1) is 30.7. The van der Waals surface area contributed by atoms with Gasteiger partial charge in [0, 0.05) is 41.0 Å². The van der Waals surface area contributed by atoms with Crippen LogP contribution in [0.3, 0.4) is 0 Å². The quantitative estimate of drug-likeness (QED) is 0.0318. The summed E-state index contributed by atoms with van der Waals surface area (Å²) in [6.45, 7) is 10.8. The molecule has 0 aliphatic carbocycles. The van der Waals surface area contributed by atoms with Crippen molar-refractivity contribution in [1.29, 1.82) is 0 Å². The van der Waals surface area contributed by atoms with Crippen molar-refractivity contribution in [1.82, 2.24) is 0 Å². The zero-order valence-corrected chi connectivity index (χ0v) is 45.6. The molecule has 0 fully saturated rings. The van der Waals surface area contributed by atoms with Crippen molar-refractivity contribution < 1.29 is 51.4 Å². The van der Waals surface area contributed by atoms with Crippen LogP contribution < -0.4 is 0 Å². The summed E-state index contributed by atoms with van der Waals surface area (Å²) in [5.41, 5.74) is 0. The van der Waals surface area contributed by atoms with Crippen LogP contribution in [0.2, 0.25) is 0 Å². The van der Waals surface area contributed by atoms with Crippen LogP contribution in [-0.4, -0.2) is 33.2 Å². The molecule has 0 atom stereocenters. The van der Waals surface area contributed by atoms with E-state index in [2.05, 4.69) is 20.8 Å². The fourth-order valence-corrected chi connectivity index (χ4v) is 7.94. The fraction of sp³-hybridized carbons (Fsp3) is 0.930. The summed E-state index contributed by atoms with van der Waals surface area (Å²) in [5.74, 6) is -1.96. The van der Waals surface area contributed by atoms with Gasteiger partial charge in [0.2, 0.25) is 0 Å². The van der Waals surface area contributed by atoms with Gasteiger partial charge in [0.25, 0.3) is 0 Å². The number of aliphatic carboxylic acids is 3. The van der Waals surface area contributed by atoms with Crippen LogP contribution in [0.25, 0.3) is 0 Å². The molecule has 7 heteroatoms. The Bertz CT molecular complexity index is 732. The van der Waals surface area contributed by atoms with Gasteiger partial charge in [-0.15, -0.1) is 0 Å². The number of hydrogen-bond donors (Lipinski definition) is 3. The molecule has 0 aliphatic rings. The van der Waals surface area contributed by atoms with E-state index in [0.717, 1.165) is 38.5 Å². The molecule has 0 amide bonds. The van der Waals surface area contributed by atoms with Crippen molar-refractivity contribution in [2.45, 2.75) is 343 Å². The summed E-state index contributed by atoms with van der Waals surface area (Å²) in [7, 11) is 0. The van der Waals surface area contributed by atoms with Crippen molar-refractivity contribution in [3.05, 3.63) is 6.42 Å². The Hall–Kier alpha value is -0.876. The number of hydrogen-bond acceptors (Lipinski definition) is 3. The third-order valence-corrected chi connectivity index (χ3v) is 12.0. The molecule has 0 saturated heterocycles. The van der Waals surface area contributed by atoms with Gasteiger partial charge in [-0.3, -0.25) is 14.4 Å². The Morgan fingerprint density at radius 1 is 0.250 bits per heavy atom. The summed E-state index contributed by atoms with van der Waals surface area (Å²) in [6, 6.07) is 0. The van der Waals surface area contributed by atoms with Crippen LogP contribution in [0.5, 0.6) is 0 Å². The van der Waals surface area contributed by atoms with Crippen LogP contribution >= 0.6 is 0 Å². The fourth-order valence-electron chi connectivity index (χ4n) is 7.94. The monoisotopic (exact) mass is 944 g/mol. The van der Waals surface area contributed by atoms with Crippen molar-refractivity contribution in [3.8, 4) is 0 Å². The Morgan fingerprint density at radius 2 is 0.344 bits per heavy atom. The first-order valence-corrected chi connectivity index (χ1v) is 28.1. The van der Waals surface area contributed by atoms with Crippen molar-refractivity contribution in [2.75, 3.05) is 0 Å². The number of unbranched alkanes of at least 4 members (excludes halogenated alkanes) is 42. The Morgan fingerprint density at radius 3 is 0.438 bits per heavy atom. The van der Waals surface area contributed by atoms with Gasteiger partial charge < -0.3 is 21.7 Å². The first kappa shape index (κ1) is 72.1. The zero-order chi connectivity index (χ0) is 47.4. The van der Waals surface area contributed by atoms with Gasteiger partial charge in [0.1, 0.15) is 0 Å². The smallest absolute Gasteiger partial charge is 0.303 e. The van der Waals surface area contributed by atoms with Crippen LogP contribution in [0, 0.1) is 6.42 Å². The molecule has 0 bridgehead atoms. The molecule has 384 valence electrons. The molecule has 3 N–H and O–H groups in total. The molecular formula is C57H115O6Ti-. The Labute approximate surface area is 416 Å². The summed E-state index contributed by atoms with van der Waals surface area (Å²) in [4.78, 5) is 31.0. The number of carboxylic acids is 3. The molecule has 0 unspecified atom stereocenters. The molecule has 0 aromatic rings. The second-order valence-electron chi connectivity index (χ2n) is 18.9. The molecule has 0 aromatic carbocycles.